The van der Waals surface area contributed by atoms with Crippen molar-refractivity contribution in [3.8, 4) is 0 Å². The van der Waals surface area contributed by atoms with Crippen molar-refractivity contribution in [1.82, 2.24) is 19.7 Å². The van der Waals surface area contributed by atoms with Gasteiger partial charge in [-0.15, -0.1) is 0 Å². The van der Waals surface area contributed by atoms with Gasteiger partial charge in [-0.1, -0.05) is 13.8 Å². The molecular formula is C15H29N5. The Labute approximate surface area is 122 Å². The highest BCUT2D eigenvalue weighted by atomic mass is 15.3. The van der Waals surface area contributed by atoms with Gasteiger partial charge in [-0.25, -0.2) is 4.98 Å². The normalized spacial score (nSPS) is 21.0. The Bertz CT molecular complexity index is 410. The number of aryl methyl sites for hydroxylation is 1. The summed E-state index contributed by atoms with van der Waals surface area (Å²) in [6.45, 7) is 10.00. The van der Waals surface area contributed by atoms with E-state index in [1.165, 1.54) is 25.9 Å². The van der Waals surface area contributed by atoms with Crippen LogP contribution in [-0.2, 0) is 13.0 Å². The van der Waals surface area contributed by atoms with E-state index in [2.05, 4.69) is 35.8 Å². The van der Waals surface area contributed by atoms with Crippen molar-refractivity contribution in [2.24, 2.45) is 5.73 Å². The zero-order valence-corrected chi connectivity index (χ0v) is 13.2. The molecule has 114 valence electrons. The number of likely N-dealkylation sites (tertiary alicyclic amines) is 1. The second-order valence-electron chi connectivity index (χ2n) is 6.11. The molecule has 1 aromatic heterocycles. The van der Waals surface area contributed by atoms with Gasteiger partial charge in [0.2, 0.25) is 0 Å². The molecule has 1 aliphatic heterocycles. The first-order valence-electron chi connectivity index (χ1n) is 7.99. The lowest BCUT2D eigenvalue weighted by Crippen LogP contribution is -2.57. The van der Waals surface area contributed by atoms with Gasteiger partial charge in [-0.2, -0.15) is 5.10 Å². The van der Waals surface area contributed by atoms with Crippen molar-refractivity contribution >= 4 is 0 Å². The second-order valence-corrected chi connectivity index (χ2v) is 6.11. The minimum atomic E-state index is 0.0689. The summed E-state index contributed by atoms with van der Waals surface area (Å²) >= 11 is 0. The summed E-state index contributed by atoms with van der Waals surface area (Å²) in [5.41, 5.74) is 6.64. The van der Waals surface area contributed by atoms with Crippen LogP contribution in [0.4, 0.5) is 0 Å². The number of hydrogen-bond acceptors (Lipinski definition) is 4. The van der Waals surface area contributed by atoms with Gasteiger partial charge >= 0.3 is 0 Å². The molecule has 2 N–H and O–H groups in total. The number of aromatic nitrogens is 3. The third-order valence-electron chi connectivity index (χ3n) is 4.88. The van der Waals surface area contributed by atoms with Gasteiger partial charge in [0.1, 0.15) is 12.2 Å². The smallest absolute Gasteiger partial charge is 0.138 e. The summed E-state index contributed by atoms with van der Waals surface area (Å²) in [6, 6.07) is 0.102. The van der Waals surface area contributed by atoms with Crippen LogP contribution in [0.15, 0.2) is 6.33 Å². The molecule has 5 heteroatoms. The maximum atomic E-state index is 6.58. The fourth-order valence-electron chi connectivity index (χ4n) is 3.21. The molecule has 2 unspecified atom stereocenters. The van der Waals surface area contributed by atoms with Crippen LogP contribution in [0, 0.1) is 0 Å². The molecule has 2 heterocycles. The van der Waals surface area contributed by atoms with Crippen molar-refractivity contribution in [2.45, 2.75) is 71.0 Å². The van der Waals surface area contributed by atoms with Crippen LogP contribution in [-0.4, -0.2) is 44.3 Å². The van der Waals surface area contributed by atoms with Crippen LogP contribution >= 0.6 is 0 Å². The summed E-state index contributed by atoms with van der Waals surface area (Å²) in [4.78, 5) is 6.97. The fourth-order valence-corrected chi connectivity index (χ4v) is 3.21. The van der Waals surface area contributed by atoms with Gasteiger partial charge in [0, 0.05) is 24.5 Å². The van der Waals surface area contributed by atoms with Crippen LogP contribution in [0.5, 0.6) is 0 Å². The Kier molecular flexibility index (Phi) is 5.16. The van der Waals surface area contributed by atoms with Crippen molar-refractivity contribution < 1.29 is 0 Å². The van der Waals surface area contributed by atoms with Gasteiger partial charge in [-0.05, 0) is 45.7 Å². The van der Waals surface area contributed by atoms with Crippen LogP contribution in [0.3, 0.4) is 0 Å². The molecule has 1 fully saturated rings. The molecule has 1 aliphatic rings. The van der Waals surface area contributed by atoms with Crippen molar-refractivity contribution in [3.63, 3.8) is 0 Å². The molecule has 0 aliphatic carbocycles. The minimum absolute atomic E-state index is 0.0689. The van der Waals surface area contributed by atoms with Crippen LogP contribution in [0.25, 0.3) is 0 Å². The van der Waals surface area contributed by atoms with Gasteiger partial charge in [0.05, 0.1) is 0 Å². The Morgan fingerprint density at radius 2 is 2.05 bits per heavy atom. The number of hydrogen-bond donors (Lipinski definition) is 1. The van der Waals surface area contributed by atoms with Gasteiger partial charge in [0.25, 0.3) is 0 Å². The zero-order valence-electron chi connectivity index (χ0n) is 13.2. The average Bonchev–Trinajstić information content (AvgIpc) is 3.10. The molecule has 2 atom stereocenters. The molecule has 0 amide bonds. The first-order chi connectivity index (χ1) is 9.61. The topological polar surface area (TPSA) is 60.0 Å². The van der Waals surface area contributed by atoms with E-state index in [0.29, 0.717) is 0 Å². The van der Waals surface area contributed by atoms with Crippen LogP contribution in [0.2, 0.25) is 0 Å². The van der Waals surface area contributed by atoms with Crippen LogP contribution < -0.4 is 5.73 Å². The summed E-state index contributed by atoms with van der Waals surface area (Å²) < 4.78 is 2.00. The Hall–Kier alpha value is -0.940. The lowest BCUT2D eigenvalue weighted by atomic mass is 9.86. The lowest BCUT2D eigenvalue weighted by Gasteiger charge is -2.42. The Morgan fingerprint density at radius 3 is 2.65 bits per heavy atom. The molecule has 0 bridgehead atoms. The highest BCUT2D eigenvalue weighted by Gasteiger charge is 2.38. The minimum Gasteiger partial charge on any atom is -0.326 e. The predicted octanol–water partition coefficient (Wildman–Crippen LogP) is 1.82. The second kappa shape index (κ2) is 6.68. The molecular weight excluding hydrogens is 250 g/mol. The predicted molar refractivity (Wildman–Crippen MR) is 81.5 cm³/mol. The highest BCUT2D eigenvalue weighted by Crippen LogP contribution is 2.28. The maximum Gasteiger partial charge on any atom is 0.138 e. The quantitative estimate of drug-likeness (QED) is 0.827. The Morgan fingerprint density at radius 1 is 1.35 bits per heavy atom. The summed E-state index contributed by atoms with van der Waals surface area (Å²) in [7, 11) is 0. The molecule has 0 saturated carbocycles. The van der Waals surface area contributed by atoms with E-state index in [0.717, 1.165) is 31.6 Å². The van der Waals surface area contributed by atoms with E-state index in [4.69, 9.17) is 5.73 Å². The largest absolute Gasteiger partial charge is 0.326 e. The van der Waals surface area contributed by atoms with E-state index in [1.54, 1.807) is 6.33 Å². The molecule has 0 aromatic carbocycles. The Balaban J connectivity index is 2.08. The van der Waals surface area contributed by atoms with Gasteiger partial charge < -0.3 is 5.73 Å². The molecule has 1 saturated heterocycles. The number of rotatable bonds is 7. The lowest BCUT2D eigenvalue weighted by molar-refractivity contribution is 0.0986. The first kappa shape index (κ1) is 15.4. The highest BCUT2D eigenvalue weighted by molar-refractivity contribution is 5.01. The monoisotopic (exact) mass is 279 g/mol. The third-order valence-corrected chi connectivity index (χ3v) is 4.88. The van der Waals surface area contributed by atoms with E-state index in [9.17, 15) is 0 Å². The molecule has 1 aromatic rings. The molecule has 0 spiro atoms. The SMILES string of the molecule is CCCn1ncnc1CC(N)C(C)(CC)N1CCCC1. The van der Waals surface area contributed by atoms with E-state index >= 15 is 0 Å². The molecule has 5 nitrogen and oxygen atoms in total. The number of nitrogens with zero attached hydrogens (tertiary/aromatic N) is 4. The first-order valence-corrected chi connectivity index (χ1v) is 7.99. The summed E-state index contributed by atoms with van der Waals surface area (Å²) in [5.74, 6) is 1.03. The van der Waals surface area contributed by atoms with Crippen molar-refractivity contribution in [2.75, 3.05) is 13.1 Å². The average molecular weight is 279 g/mol. The van der Waals surface area contributed by atoms with E-state index in [-0.39, 0.29) is 11.6 Å². The van der Waals surface area contributed by atoms with E-state index in [1.807, 2.05) is 4.68 Å². The van der Waals surface area contributed by atoms with Crippen LogP contribution in [0.1, 0.15) is 52.3 Å². The van der Waals surface area contributed by atoms with Gasteiger partial charge in [-0.3, -0.25) is 9.58 Å². The summed E-state index contributed by atoms with van der Waals surface area (Å²) in [5, 5.41) is 4.30. The fraction of sp³-hybridized carbons (Fsp3) is 0.867. The van der Waals surface area contributed by atoms with E-state index < -0.39 is 0 Å². The standard InChI is InChI=1S/C15H29N5/c1-4-8-20-14(17-12-18-20)11-13(16)15(3,5-2)19-9-6-7-10-19/h12-13H,4-11,16H2,1-3H3. The third kappa shape index (κ3) is 3.04. The van der Waals surface area contributed by atoms with Gasteiger partial charge in [0.15, 0.2) is 0 Å². The zero-order chi connectivity index (χ0) is 14.6. The molecule has 0 radical (unpaired) electrons. The maximum absolute atomic E-state index is 6.58. The number of nitrogens with two attached hydrogens (primary N) is 1. The summed E-state index contributed by atoms with van der Waals surface area (Å²) in [6.07, 6.45) is 7.21. The molecule has 2 rings (SSSR count). The van der Waals surface area contributed by atoms with Crippen molar-refractivity contribution in [3.05, 3.63) is 12.2 Å². The molecule has 20 heavy (non-hydrogen) atoms. The van der Waals surface area contributed by atoms with Crippen molar-refractivity contribution in [1.29, 1.82) is 0 Å².